The Morgan fingerprint density at radius 3 is 2.80 bits per heavy atom. The minimum atomic E-state index is -0.158. The lowest BCUT2D eigenvalue weighted by atomic mass is 10.9. The van der Waals surface area contributed by atoms with Crippen LogP contribution in [-0.2, 0) is 9.63 Å². The fraction of sp³-hybridized carbons (Fsp3) is 0.600. The molecule has 0 spiro atoms. The second-order valence-electron chi connectivity index (χ2n) is 1.53. The molecule has 0 saturated heterocycles. The minimum Gasteiger partial charge on any atom is -0.303 e. The van der Waals surface area contributed by atoms with Crippen LogP contribution in [-0.4, -0.2) is 37.3 Å². The summed E-state index contributed by atoms with van der Waals surface area (Å²) in [6, 6.07) is 0. The van der Waals surface area contributed by atoms with Crippen LogP contribution in [0.1, 0.15) is 0 Å². The van der Waals surface area contributed by atoms with Gasteiger partial charge in [-0.3, -0.25) is 9.63 Å². The van der Waals surface area contributed by atoms with Gasteiger partial charge in [0.05, 0.1) is 7.11 Å². The Morgan fingerprint density at radius 1 is 1.80 bits per heavy atom. The monoisotopic (exact) mass is 163 g/mol. The van der Waals surface area contributed by atoms with Gasteiger partial charge in [-0.25, -0.2) is 5.06 Å². The number of amides is 1. The molecule has 1 atom stereocenters. The van der Waals surface area contributed by atoms with Crippen LogP contribution in [0.25, 0.3) is 0 Å². The van der Waals surface area contributed by atoms with E-state index in [0.717, 1.165) is 11.3 Å². The standard InChI is InChI=1S/C5H10NO3P/c1-6(9-2)5(8)10-4-3-7/h3,10H,4H2,1-2H3. The average Bonchev–Trinajstić information content (AvgIpc) is 1.98. The van der Waals surface area contributed by atoms with E-state index in [-0.39, 0.29) is 20.4 Å². The second kappa shape index (κ2) is 5.33. The fourth-order valence-electron chi connectivity index (χ4n) is 0.323. The third-order valence-corrected chi connectivity index (χ3v) is 1.88. The lowest BCUT2D eigenvalue weighted by molar-refractivity contribution is -0.105. The summed E-state index contributed by atoms with van der Waals surface area (Å²) < 4.78 is 0. The van der Waals surface area contributed by atoms with Crippen molar-refractivity contribution < 1.29 is 14.4 Å². The Kier molecular flexibility index (Phi) is 5.08. The molecule has 0 rings (SSSR count). The lowest BCUT2D eigenvalue weighted by Crippen LogP contribution is -2.20. The summed E-state index contributed by atoms with van der Waals surface area (Å²) in [6.07, 6.45) is 1.01. The lowest BCUT2D eigenvalue weighted by Gasteiger charge is -2.11. The summed E-state index contributed by atoms with van der Waals surface area (Å²) in [4.78, 5) is 25.2. The van der Waals surface area contributed by atoms with Crippen LogP contribution in [0.4, 0.5) is 4.79 Å². The van der Waals surface area contributed by atoms with Crippen molar-refractivity contribution in [3.05, 3.63) is 0 Å². The maximum Gasteiger partial charge on any atom is 0.263 e. The summed E-state index contributed by atoms with van der Waals surface area (Å²) in [5.74, 6) is 0. The van der Waals surface area contributed by atoms with E-state index in [1.807, 2.05) is 0 Å². The van der Waals surface area contributed by atoms with E-state index in [2.05, 4.69) is 4.84 Å². The molecule has 1 amide bonds. The number of hydrogen-bond acceptors (Lipinski definition) is 3. The van der Waals surface area contributed by atoms with Crippen molar-refractivity contribution in [2.75, 3.05) is 20.3 Å². The average molecular weight is 163 g/mol. The summed E-state index contributed by atoms with van der Waals surface area (Å²) in [7, 11) is 2.91. The van der Waals surface area contributed by atoms with Crippen molar-refractivity contribution >= 4 is 20.5 Å². The molecular weight excluding hydrogens is 153 g/mol. The summed E-state index contributed by atoms with van der Waals surface area (Å²) >= 11 is 0. The zero-order valence-corrected chi connectivity index (χ0v) is 6.96. The third kappa shape index (κ3) is 3.54. The van der Waals surface area contributed by atoms with Gasteiger partial charge >= 0.3 is 0 Å². The molecule has 58 valence electrons. The van der Waals surface area contributed by atoms with Crippen LogP contribution < -0.4 is 0 Å². The number of carbonyl (C=O) groups excluding carboxylic acids is 2. The summed E-state index contributed by atoms with van der Waals surface area (Å²) in [5, 5.41) is 1.11. The molecule has 1 unspecified atom stereocenters. The first-order chi connectivity index (χ1) is 4.72. The van der Waals surface area contributed by atoms with Crippen molar-refractivity contribution in [2.24, 2.45) is 0 Å². The Labute approximate surface area is 61.3 Å². The normalized spacial score (nSPS) is 10.2. The maximum atomic E-state index is 10.8. The Hall–Kier alpha value is -0.470. The van der Waals surface area contributed by atoms with E-state index in [1.165, 1.54) is 14.2 Å². The molecule has 4 nitrogen and oxygen atoms in total. The number of hydroxylamine groups is 2. The van der Waals surface area contributed by atoms with Crippen LogP contribution in [0, 0.1) is 0 Å². The topological polar surface area (TPSA) is 46.6 Å². The molecule has 0 aromatic rings. The van der Waals surface area contributed by atoms with Crippen molar-refractivity contribution in [2.45, 2.75) is 0 Å². The number of nitrogens with zero attached hydrogens (tertiary/aromatic N) is 1. The van der Waals surface area contributed by atoms with Gasteiger partial charge in [0.25, 0.3) is 5.65 Å². The summed E-state index contributed by atoms with van der Waals surface area (Å²) in [6.45, 7) is 0. The van der Waals surface area contributed by atoms with Gasteiger partial charge in [0.2, 0.25) is 0 Å². The largest absolute Gasteiger partial charge is 0.303 e. The first-order valence-electron chi connectivity index (χ1n) is 2.71. The van der Waals surface area contributed by atoms with Gasteiger partial charge in [-0.15, -0.1) is 0 Å². The number of aldehydes is 1. The van der Waals surface area contributed by atoms with Gasteiger partial charge in [0.15, 0.2) is 0 Å². The molecule has 10 heavy (non-hydrogen) atoms. The van der Waals surface area contributed by atoms with Crippen LogP contribution in [0.3, 0.4) is 0 Å². The molecule has 0 N–H and O–H groups in total. The molecule has 0 aromatic heterocycles. The highest BCUT2D eigenvalue weighted by molar-refractivity contribution is 7.58. The Bertz CT molecular complexity index is 128. The van der Waals surface area contributed by atoms with E-state index in [1.54, 1.807) is 0 Å². The van der Waals surface area contributed by atoms with E-state index in [9.17, 15) is 9.59 Å². The molecular formula is C5H10NO3P. The van der Waals surface area contributed by atoms with Gasteiger partial charge in [0.1, 0.15) is 6.29 Å². The molecule has 5 heteroatoms. The van der Waals surface area contributed by atoms with E-state index < -0.39 is 0 Å². The van der Waals surface area contributed by atoms with Crippen LogP contribution in [0.15, 0.2) is 0 Å². The van der Waals surface area contributed by atoms with Crippen molar-refractivity contribution in [1.29, 1.82) is 0 Å². The highest BCUT2D eigenvalue weighted by atomic mass is 31.1. The SMILES string of the molecule is CON(C)C(=O)PCC=O. The predicted octanol–water partition coefficient (Wildman–Crippen LogP) is 0.477. The predicted molar refractivity (Wildman–Crippen MR) is 39.4 cm³/mol. The first kappa shape index (κ1) is 9.53. The Morgan fingerprint density at radius 2 is 2.40 bits per heavy atom. The molecule has 0 heterocycles. The molecule has 0 aliphatic rings. The van der Waals surface area contributed by atoms with Gasteiger partial charge in [-0.1, -0.05) is 0 Å². The van der Waals surface area contributed by atoms with Crippen molar-refractivity contribution in [1.82, 2.24) is 5.06 Å². The van der Waals surface area contributed by atoms with E-state index in [0.29, 0.717) is 0 Å². The molecule has 0 aliphatic heterocycles. The Balaban J connectivity index is 3.51. The quantitative estimate of drug-likeness (QED) is 0.344. The van der Waals surface area contributed by atoms with Gasteiger partial charge in [-0.05, 0) is 8.58 Å². The fourth-order valence-corrected chi connectivity index (χ4v) is 0.895. The van der Waals surface area contributed by atoms with E-state index in [4.69, 9.17) is 0 Å². The van der Waals surface area contributed by atoms with Crippen LogP contribution in [0.5, 0.6) is 0 Å². The third-order valence-electron chi connectivity index (χ3n) is 0.896. The molecule has 0 aliphatic carbocycles. The number of hydrogen-bond donors (Lipinski definition) is 0. The van der Waals surface area contributed by atoms with Gasteiger partial charge < -0.3 is 4.79 Å². The molecule has 0 aromatic carbocycles. The smallest absolute Gasteiger partial charge is 0.263 e. The summed E-state index contributed by atoms with van der Waals surface area (Å²) in [5.41, 5.74) is -0.158. The van der Waals surface area contributed by atoms with Gasteiger partial charge in [-0.2, -0.15) is 0 Å². The minimum absolute atomic E-state index is 0.0129. The molecule has 0 fully saturated rings. The number of rotatable bonds is 4. The highest BCUT2D eigenvalue weighted by Gasteiger charge is 2.05. The van der Waals surface area contributed by atoms with Crippen LogP contribution in [0.2, 0.25) is 0 Å². The molecule has 0 radical (unpaired) electrons. The second-order valence-corrected chi connectivity index (χ2v) is 2.72. The van der Waals surface area contributed by atoms with Crippen LogP contribution >= 0.6 is 8.58 Å². The number of carbonyl (C=O) groups is 2. The molecule has 0 saturated carbocycles. The van der Waals surface area contributed by atoms with Gasteiger partial charge in [0, 0.05) is 13.2 Å². The molecule has 0 bridgehead atoms. The zero-order chi connectivity index (χ0) is 7.98. The maximum absolute atomic E-state index is 10.8. The highest BCUT2D eigenvalue weighted by Crippen LogP contribution is 2.12. The van der Waals surface area contributed by atoms with Crippen molar-refractivity contribution in [3.63, 3.8) is 0 Å². The van der Waals surface area contributed by atoms with Crippen molar-refractivity contribution in [3.8, 4) is 0 Å². The first-order valence-corrected chi connectivity index (χ1v) is 3.92. The van der Waals surface area contributed by atoms with E-state index >= 15 is 0 Å². The zero-order valence-electron chi connectivity index (χ0n) is 5.96.